The van der Waals surface area contributed by atoms with E-state index >= 15 is 0 Å². The lowest BCUT2D eigenvalue weighted by atomic mass is 10.0. The number of halogens is 1. The minimum Gasteiger partial charge on any atom is -0.480 e. The smallest absolute Gasteiger partial charge is 0.326 e. The van der Waals surface area contributed by atoms with E-state index < -0.39 is 29.3 Å². The Morgan fingerprint density at radius 2 is 2.11 bits per heavy atom. The van der Waals surface area contributed by atoms with E-state index in [1.165, 1.54) is 19.1 Å². The lowest BCUT2D eigenvalue weighted by Crippen LogP contribution is -2.57. The molecule has 0 fully saturated rings. The fourth-order valence-electron chi connectivity index (χ4n) is 1.98. The standard InChI is InChI=1S/C13H14FNO4/c1-7(11(16)17)15-9-6-8(14)4-5-10(9)19-13(2,3)12(15)18/h4-7H,1-3H3,(H,16,17). The van der Waals surface area contributed by atoms with Crippen LogP contribution in [0.2, 0.25) is 0 Å². The van der Waals surface area contributed by atoms with Gasteiger partial charge in [-0.25, -0.2) is 9.18 Å². The molecule has 1 N–H and O–H groups in total. The van der Waals surface area contributed by atoms with Gasteiger partial charge in [-0.15, -0.1) is 0 Å². The molecule has 1 aromatic carbocycles. The summed E-state index contributed by atoms with van der Waals surface area (Å²) in [4.78, 5) is 24.5. The molecule has 0 aromatic heterocycles. The number of hydrogen-bond donors (Lipinski definition) is 1. The van der Waals surface area contributed by atoms with E-state index in [2.05, 4.69) is 0 Å². The molecule has 0 saturated heterocycles. The molecule has 1 aliphatic rings. The van der Waals surface area contributed by atoms with Crippen molar-refractivity contribution in [3.63, 3.8) is 0 Å². The van der Waals surface area contributed by atoms with Crippen molar-refractivity contribution in [1.82, 2.24) is 0 Å². The minimum absolute atomic E-state index is 0.138. The predicted octanol–water partition coefficient (Wildman–Crippen LogP) is 1.80. The van der Waals surface area contributed by atoms with Crippen LogP contribution in [-0.2, 0) is 9.59 Å². The van der Waals surface area contributed by atoms with Crippen LogP contribution in [0.5, 0.6) is 5.75 Å². The van der Waals surface area contributed by atoms with Crippen molar-refractivity contribution in [2.75, 3.05) is 4.90 Å². The molecule has 102 valence electrons. The van der Waals surface area contributed by atoms with Gasteiger partial charge in [-0.2, -0.15) is 0 Å². The first-order valence-corrected chi connectivity index (χ1v) is 5.79. The lowest BCUT2D eigenvalue weighted by Gasteiger charge is -2.40. The number of anilines is 1. The van der Waals surface area contributed by atoms with Crippen molar-refractivity contribution in [3.8, 4) is 5.75 Å². The Bertz CT molecular complexity index is 556. The highest BCUT2D eigenvalue weighted by Gasteiger charge is 2.44. The second kappa shape index (κ2) is 4.22. The molecule has 1 aromatic rings. The highest BCUT2D eigenvalue weighted by molar-refractivity contribution is 6.06. The maximum atomic E-state index is 13.3. The Balaban J connectivity index is 2.60. The third-order valence-corrected chi connectivity index (χ3v) is 3.02. The van der Waals surface area contributed by atoms with Crippen LogP contribution in [-0.4, -0.2) is 28.6 Å². The van der Waals surface area contributed by atoms with Crippen LogP contribution in [0.3, 0.4) is 0 Å². The molecule has 6 heteroatoms. The summed E-state index contributed by atoms with van der Waals surface area (Å²) in [5.74, 6) is -1.95. The van der Waals surface area contributed by atoms with Crippen molar-refractivity contribution in [1.29, 1.82) is 0 Å². The lowest BCUT2D eigenvalue weighted by molar-refractivity contribution is -0.142. The van der Waals surface area contributed by atoms with Crippen LogP contribution < -0.4 is 9.64 Å². The van der Waals surface area contributed by atoms with Crippen LogP contribution >= 0.6 is 0 Å². The number of carboxylic acids is 1. The number of ether oxygens (including phenoxy) is 1. The van der Waals surface area contributed by atoms with Gasteiger partial charge in [0.05, 0.1) is 5.69 Å². The number of hydrogen-bond acceptors (Lipinski definition) is 3. The molecule has 19 heavy (non-hydrogen) atoms. The fourth-order valence-corrected chi connectivity index (χ4v) is 1.98. The Kier molecular flexibility index (Phi) is 2.96. The molecule has 0 saturated carbocycles. The van der Waals surface area contributed by atoms with Gasteiger partial charge in [-0.3, -0.25) is 9.69 Å². The average Bonchev–Trinajstić information content (AvgIpc) is 2.31. The van der Waals surface area contributed by atoms with Gasteiger partial charge < -0.3 is 9.84 Å². The second-order valence-corrected chi connectivity index (χ2v) is 4.91. The van der Waals surface area contributed by atoms with Gasteiger partial charge in [0.1, 0.15) is 17.6 Å². The first kappa shape index (κ1) is 13.3. The number of nitrogens with zero attached hydrogens (tertiary/aromatic N) is 1. The van der Waals surface area contributed by atoms with Crippen molar-refractivity contribution in [3.05, 3.63) is 24.0 Å². The van der Waals surface area contributed by atoms with Gasteiger partial charge in [0.25, 0.3) is 5.91 Å². The van der Waals surface area contributed by atoms with Gasteiger partial charge >= 0.3 is 5.97 Å². The Labute approximate surface area is 109 Å². The molecule has 2 rings (SSSR count). The van der Waals surface area contributed by atoms with Crippen LogP contribution in [0.4, 0.5) is 10.1 Å². The number of carbonyl (C=O) groups is 2. The predicted molar refractivity (Wildman–Crippen MR) is 65.7 cm³/mol. The van der Waals surface area contributed by atoms with Gasteiger partial charge in [0.2, 0.25) is 0 Å². The zero-order valence-electron chi connectivity index (χ0n) is 10.8. The topological polar surface area (TPSA) is 66.8 Å². The number of carbonyl (C=O) groups excluding carboxylic acids is 1. The number of fused-ring (bicyclic) bond motifs is 1. The van der Waals surface area contributed by atoms with Crippen molar-refractivity contribution in [2.24, 2.45) is 0 Å². The molecule has 1 amide bonds. The molecule has 0 aliphatic carbocycles. The number of benzene rings is 1. The summed E-state index contributed by atoms with van der Waals surface area (Å²) in [6, 6.07) is 2.59. The number of aliphatic carboxylic acids is 1. The number of carboxylic acid groups (broad SMARTS) is 1. The van der Waals surface area contributed by atoms with Crippen molar-refractivity contribution >= 4 is 17.6 Å². The zero-order valence-corrected chi connectivity index (χ0v) is 10.8. The molecular weight excluding hydrogens is 253 g/mol. The molecule has 0 spiro atoms. The monoisotopic (exact) mass is 267 g/mol. The van der Waals surface area contributed by atoms with E-state index in [1.807, 2.05) is 0 Å². The van der Waals surface area contributed by atoms with E-state index in [-0.39, 0.29) is 5.69 Å². The molecule has 0 bridgehead atoms. The highest BCUT2D eigenvalue weighted by atomic mass is 19.1. The van der Waals surface area contributed by atoms with Gasteiger partial charge in [-0.05, 0) is 32.9 Å². The summed E-state index contributed by atoms with van der Waals surface area (Å²) in [7, 11) is 0. The molecule has 1 atom stereocenters. The second-order valence-electron chi connectivity index (χ2n) is 4.91. The van der Waals surface area contributed by atoms with Crippen molar-refractivity contribution in [2.45, 2.75) is 32.4 Å². The summed E-state index contributed by atoms with van der Waals surface area (Å²) < 4.78 is 18.8. The molecule has 1 heterocycles. The fraction of sp³-hybridized carbons (Fsp3) is 0.385. The zero-order chi connectivity index (χ0) is 14.4. The minimum atomic E-state index is -1.19. The Morgan fingerprint density at radius 3 is 2.68 bits per heavy atom. The van der Waals surface area contributed by atoms with Gasteiger partial charge in [-0.1, -0.05) is 0 Å². The third-order valence-electron chi connectivity index (χ3n) is 3.02. The SMILES string of the molecule is CC(C(=O)O)N1C(=O)C(C)(C)Oc2ccc(F)cc21. The maximum absolute atomic E-state index is 13.3. The summed E-state index contributed by atoms with van der Waals surface area (Å²) in [5.41, 5.74) is -1.05. The molecule has 5 nitrogen and oxygen atoms in total. The first-order valence-electron chi connectivity index (χ1n) is 5.79. The first-order chi connectivity index (χ1) is 8.74. The van der Waals surface area contributed by atoms with Gasteiger partial charge in [0.15, 0.2) is 5.60 Å². The van der Waals surface area contributed by atoms with E-state index in [9.17, 15) is 14.0 Å². The summed E-state index contributed by atoms with van der Waals surface area (Å²) in [5, 5.41) is 9.09. The molecular formula is C13H14FNO4. The highest BCUT2D eigenvalue weighted by Crippen LogP contribution is 2.39. The summed E-state index contributed by atoms with van der Waals surface area (Å²) in [6.07, 6.45) is 0. The normalized spacial score (nSPS) is 18.5. The van der Waals surface area contributed by atoms with E-state index in [4.69, 9.17) is 9.84 Å². The average molecular weight is 267 g/mol. The van der Waals surface area contributed by atoms with Crippen LogP contribution in [0, 0.1) is 5.82 Å². The molecule has 1 unspecified atom stereocenters. The maximum Gasteiger partial charge on any atom is 0.326 e. The van der Waals surface area contributed by atoms with Crippen molar-refractivity contribution < 1.29 is 23.8 Å². The van der Waals surface area contributed by atoms with E-state index in [0.717, 1.165) is 11.0 Å². The van der Waals surface area contributed by atoms with Crippen LogP contribution in [0.25, 0.3) is 0 Å². The molecule has 0 radical (unpaired) electrons. The molecule has 1 aliphatic heterocycles. The van der Waals surface area contributed by atoms with E-state index in [0.29, 0.717) is 5.75 Å². The summed E-state index contributed by atoms with van der Waals surface area (Å²) in [6.45, 7) is 4.46. The van der Waals surface area contributed by atoms with E-state index in [1.54, 1.807) is 13.8 Å². The van der Waals surface area contributed by atoms with Crippen LogP contribution in [0.15, 0.2) is 18.2 Å². The Hall–Kier alpha value is -2.11. The quantitative estimate of drug-likeness (QED) is 0.887. The number of amides is 1. The third kappa shape index (κ3) is 2.14. The Morgan fingerprint density at radius 1 is 1.47 bits per heavy atom. The van der Waals surface area contributed by atoms with Gasteiger partial charge in [0, 0.05) is 6.07 Å². The largest absolute Gasteiger partial charge is 0.480 e. The number of rotatable bonds is 2. The van der Waals surface area contributed by atoms with Crippen LogP contribution in [0.1, 0.15) is 20.8 Å². The summed E-state index contributed by atoms with van der Waals surface area (Å²) >= 11 is 0.